The van der Waals surface area contributed by atoms with Gasteiger partial charge in [0.15, 0.2) is 0 Å². The van der Waals surface area contributed by atoms with Crippen LogP contribution in [-0.2, 0) is 6.54 Å². The molecule has 2 aromatic carbocycles. The van der Waals surface area contributed by atoms with Crippen molar-refractivity contribution in [1.82, 2.24) is 5.32 Å². The smallest absolute Gasteiger partial charge is 0.134 e. The molecule has 1 heterocycles. The van der Waals surface area contributed by atoms with Crippen molar-refractivity contribution < 1.29 is 4.42 Å². The Bertz CT molecular complexity index is 763. The van der Waals surface area contributed by atoms with Gasteiger partial charge in [-0.15, -0.1) is 0 Å². The zero-order valence-electron chi connectivity index (χ0n) is 12.2. The summed E-state index contributed by atoms with van der Waals surface area (Å²) >= 11 is 3.52. The second-order valence-corrected chi connectivity index (χ2v) is 6.21. The van der Waals surface area contributed by atoms with E-state index >= 15 is 0 Å². The van der Waals surface area contributed by atoms with Crippen molar-refractivity contribution in [3.8, 4) is 0 Å². The standard InChI is InChI=1S/C18H18BrNO/c1-12(14-6-5-7-15(19)10-14)20-11-17-13(2)21-18-9-4-3-8-16(17)18/h3-10,12,20H,11H2,1-2H3/t12-/m1/s1. The summed E-state index contributed by atoms with van der Waals surface area (Å²) in [5.41, 5.74) is 3.48. The van der Waals surface area contributed by atoms with E-state index in [1.807, 2.05) is 25.1 Å². The molecule has 0 unspecified atom stereocenters. The molecule has 1 N–H and O–H groups in total. The molecule has 0 saturated heterocycles. The summed E-state index contributed by atoms with van der Waals surface area (Å²) < 4.78 is 6.92. The first-order chi connectivity index (χ1) is 10.1. The fourth-order valence-electron chi connectivity index (χ4n) is 2.59. The van der Waals surface area contributed by atoms with Gasteiger partial charge >= 0.3 is 0 Å². The van der Waals surface area contributed by atoms with Crippen LogP contribution in [0, 0.1) is 6.92 Å². The van der Waals surface area contributed by atoms with E-state index in [9.17, 15) is 0 Å². The zero-order valence-corrected chi connectivity index (χ0v) is 13.8. The van der Waals surface area contributed by atoms with Crippen molar-refractivity contribution in [3.05, 3.63) is 69.9 Å². The molecule has 0 radical (unpaired) electrons. The Kier molecular flexibility index (Phi) is 4.13. The zero-order chi connectivity index (χ0) is 14.8. The Hall–Kier alpha value is -1.58. The lowest BCUT2D eigenvalue weighted by Gasteiger charge is -2.14. The SMILES string of the molecule is Cc1oc2ccccc2c1CN[C@H](C)c1cccc(Br)c1. The Morgan fingerprint density at radius 2 is 1.95 bits per heavy atom. The Balaban J connectivity index is 1.79. The molecular weight excluding hydrogens is 326 g/mol. The van der Waals surface area contributed by atoms with E-state index in [0.29, 0.717) is 0 Å². The van der Waals surface area contributed by atoms with E-state index in [0.717, 1.165) is 22.4 Å². The van der Waals surface area contributed by atoms with Crippen LogP contribution in [0.15, 0.2) is 57.4 Å². The van der Waals surface area contributed by atoms with Crippen molar-refractivity contribution >= 4 is 26.9 Å². The third-order valence-corrected chi connectivity index (χ3v) is 4.33. The molecule has 0 fully saturated rings. The van der Waals surface area contributed by atoms with Crippen LogP contribution in [0.25, 0.3) is 11.0 Å². The largest absolute Gasteiger partial charge is 0.461 e. The number of nitrogens with one attached hydrogen (secondary N) is 1. The molecule has 1 atom stereocenters. The predicted octanol–water partition coefficient (Wildman–Crippen LogP) is 5.35. The first kappa shape index (κ1) is 14.4. The second-order valence-electron chi connectivity index (χ2n) is 5.29. The highest BCUT2D eigenvalue weighted by atomic mass is 79.9. The van der Waals surface area contributed by atoms with Crippen molar-refractivity contribution in [3.63, 3.8) is 0 Å². The van der Waals surface area contributed by atoms with Crippen molar-refractivity contribution in [2.24, 2.45) is 0 Å². The molecule has 0 aliphatic heterocycles. The molecule has 108 valence electrons. The number of halogens is 1. The Morgan fingerprint density at radius 1 is 1.14 bits per heavy atom. The van der Waals surface area contributed by atoms with Gasteiger partial charge < -0.3 is 9.73 Å². The minimum absolute atomic E-state index is 0.288. The normalized spacial score (nSPS) is 12.7. The van der Waals surface area contributed by atoms with Crippen molar-refractivity contribution in [2.75, 3.05) is 0 Å². The number of aryl methyl sites for hydroxylation is 1. The molecule has 2 nitrogen and oxygen atoms in total. The minimum atomic E-state index is 0.288. The number of hydrogen-bond acceptors (Lipinski definition) is 2. The number of fused-ring (bicyclic) bond motifs is 1. The molecule has 0 amide bonds. The lowest BCUT2D eigenvalue weighted by Crippen LogP contribution is -2.18. The molecule has 0 aliphatic carbocycles. The molecule has 0 spiro atoms. The second kappa shape index (κ2) is 6.04. The van der Waals surface area contributed by atoms with Crippen LogP contribution in [0.3, 0.4) is 0 Å². The van der Waals surface area contributed by atoms with Gasteiger partial charge in [-0.05, 0) is 37.6 Å². The van der Waals surface area contributed by atoms with Crippen LogP contribution in [0.4, 0.5) is 0 Å². The van der Waals surface area contributed by atoms with Gasteiger partial charge in [0.25, 0.3) is 0 Å². The molecule has 21 heavy (non-hydrogen) atoms. The molecule has 3 rings (SSSR count). The summed E-state index contributed by atoms with van der Waals surface area (Å²) in [4.78, 5) is 0. The van der Waals surface area contributed by atoms with Crippen LogP contribution >= 0.6 is 15.9 Å². The number of benzene rings is 2. The monoisotopic (exact) mass is 343 g/mol. The quantitative estimate of drug-likeness (QED) is 0.690. The summed E-state index contributed by atoms with van der Waals surface area (Å²) in [6.45, 7) is 5.01. The average Bonchev–Trinajstić information content (AvgIpc) is 2.80. The highest BCUT2D eigenvalue weighted by Crippen LogP contribution is 2.26. The van der Waals surface area contributed by atoms with Gasteiger partial charge in [0, 0.05) is 28.0 Å². The number of hydrogen-bond donors (Lipinski definition) is 1. The Labute approximate surface area is 133 Å². The number of furan rings is 1. The van der Waals surface area contributed by atoms with Crippen LogP contribution in [0.1, 0.15) is 29.9 Å². The summed E-state index contributed by atoms with van der Waals surface area (Å²) in [6, 6.07) is 16.9. The average molecular weight is 344 g/mol. The van der Waals surface area contributed by atoms with Gasteiger partial charge in [0.1, 0.15) is 11.3 Å². The molecule has 0 bridgehead atoms. The van der Waals surface area contributed by atoms with E-state index in [1.165, 1.54) is 16.5 Å². The fraction of sp³-hybridized carbons (Fsp3) is 0.222. The van der Waals surface area contributed by atoms with Crippen LogP contribution in [0.5, 0.6) is 0 Å². The van der Waals surface area contributed by atoms with Crippen molar-refractivity contribution in [2.45, 2.75) is 26.4 Å². The predicted molar refractivity (Wildman–Crippen MR) is 90.3 cm³/mol. The minimum Gasteiger partial charge on any atom is -0.461 e. The summed E-state index contributed by atoms with van der Waals surface area (Å²) in [7, 11) is 0. The maximum Gasteiger partial charge on any atom is 0.134 e. The van der Waals surface area contributed by atoms with Crippen LogP contribution in [-0.4, -0.2) is 0 Å². The van der Waals surface area contributed by atoms with E-state index in [4.69, 9.17) is 4.42 Å². The Morgan fingerprint density at radius 3 is 2.76 bits per heavy atom. The first-order valence-corrected chi connectivity index (χ1v) is 7.90. The fourth-order valence-corrected chi connectivity index (χ4v) is 3.01. The van der Waals surface area contributed by atoms with E-state index in [2.05, 4.69) is 58.5 Å². The third kappa shape index (κ3) is 3.04. The summed E-state index contributed by atoms with van der Waals surface area (Å²) in [6.07, 6.45) is 0. The number of rotatable bonds is 4. The molecule has 3 heteroatoms. The van der Waals surface area contributed by atoms with E-state index in [-0.39, 0.29) is 6.04 Å². The van der Waals surface area contributed by atoms with Gasteiger partial charge in [0.2, 0.25) is 0 Å². The van der Waals surface area contributed by atoms with E-state index in [1.54, 1.807) is 0 Å². The summed E-state index contributed by atoms with van der Waals surface area (Å²) in [5, 5.41) is 4.78. The van der Waals surface area contributed by atoms with E-state index < -0.39 is 0 Å². The molecule has 0 aliphatic rings. The molecule has 3 aromatic rings. The van der Waals surface area contributed by atoms with Gasteiger partial charge in [-0.2, -0.15) is 0 Å². The van der Waals surface area contributed by atoms with Gasteiger partial charge in [-0.1, -0.05) is 46.3 Å². The highest BCUT2D eigenvalue weighted by Gasteiger charge is 2.12. The van der Waals surface area contributed by atoms with Crippen molar-refractivity contribution in [1.29, 1.82) is 0 Å². The maximum atomic E-state index is 5.81. The lowest BCUT2D eigenvalue weighted by atomic mass is 10.1. The maximum absolute atomic E-state index is 5.81. The third-order valence-electron chi connectivity index (χ3n) is 3.83. The van der Waals surface area contributed by atoms with Gasteiger partial charge in [-0.3, -0.25) is 0 Å². The number of para-hydroxylation sites is 1. The summed E-state index contributed by atoms with van der Waals surface area (Å²) in [5.74, 6) is 0.991. The highest BCUT2D eigenvalue weighted by molar-refractivity contribution is 9.10. The van der Waals surface area contributed by atoms with Gasteiger partial charge in [0.05, 0.1) is 0 Å². The molecular formula is C18H18BrNO. The molecule has 1 aromatic heterocycles. The van der Waals surface area contributed by atoms with Crippen LogP contribution in [0.2, 0.25) is 0 Å². The van der Waals surface area contributed by atoms with Gasteiger partial charge in [-0.25, -0.2) is 0 Å². The lowest BCUT2D eigenvalue weighted by molar-refractivity contribution is 0.544. The topological polar surface area (TPSA) is 25.2 Å². The first-order valence-electron chi connectivity index (χ1n) is 7.11. The molecule has 0 saturated carbocycles. The van der Waals surface area contributed by atoms with Crippen LogP contribution < -0.4 is 5.32 Å².